The molecule has 2 fully saturated rings. The summed E-state index contributed by atoms with van der Waals surface area (Å²) in [6.07, 6.45) is 0. The van der Waals surface area contributed by atoms with Gasteiger partial charge in [0.25, 0.3) is 0 Å². The van der Waals surface area contributed by atoms with E-state index in [0.29, 0.717) is 23.7 Å². The number of nitrogens with one attached hydrogen (secondary N) is 1. The molecule has 3 atom stereocenters. The van der Waals surface area contributed by atoms with E-state index in [1.165, 1.54) is 0 Å². The first-order valence-corrected chi connectivity index (χ1v) is 7.71. The van der Waals surface area contributed by atoms with Crippen LogP contribution in [0.5, 0.6) is 0 Å². The molecule has 0 spiro atoms. The van der Waals surface area contributed by atoms with Crippen molar-refractivity contribution in [3.63, 3.8) is 0 Å². The zero-order chi connectivity index (χ0) is 14.1. The van der Waals surface area contributed by atoms with Crippen LogP contribution in [0.25, 0.3) is 0 Å². The Hall–Kier alpha value is -1.35. The third kappa shape index (κ3) is 2.47. The first kappa shape index (κ1) is 13.6. The molecule has 1 unspecified atom stereocenters. The molecule has 3 nitrogen and oxygen atoms in total. The molecule has 0 aliphatic carbocycles. The van der Waals surface area contributed by atoms with E-state index >= 15 is 0 Å². The maximum atomic E-state index is 12.9. The molecule has 1 amide bonds. The zero-order valence-electron chi connectivity index (χ0n) is 12.4. The van der Waals surface area contributed by atoms with E-state index in [2.05, 4.69) is 36.2 Å². The van der Waals surface area contributed by atoms with Gasteiger partial charge in [0, 0.05) is 26.2 Å². The first-order chi connectivity index (χ1) is 9.66. The van der Waals surface area contributed by atoms with Crippen LogP contribution in [0.2, 0.25) is 0 Å². The van der Waals surface area contributed by atoms with Crippen molar-refractivity contribution in [2.45, 2.75) is 19.8 Å². The summed E-state index contributed by atoms with van der Waals surface area (Å²) in [7, 11) is 0. The van der Waals surface area contributed by atoms with Gasteiger partial charge in [-0.1, -0.05) is 44.2 Å². The van der Waals surface area contributed by atoms with Gasteiger partial charge in [-0.05, 0) is 23.3 Å². The maximum absolute atomic E-state index is 12.9. The second-order valence-corrected chi connectivity index (χ2v) is 6.55. The van der Waals surface area contributed by atoms with Crippen LogP contribution in [-0.4, -0.2) is 37.0 Å². The molecule has 108 valence electrons. The van der Waals surface area contributed by atoms with E-state index in [1.807, 2.05) is 18.2 Å². The van der Waals surface area contributed by atoms with E-state index in [9.17, 15) is 4.79 Å². The monoisotopic (exact) mass is 272 g/mol. The lowest BCUT2D eigenvalue weighted by Gasteiger charge is -2.27. The minimum atomic E-state index is 0.00276. The summed E-state index contributed by atoms with van der Waals surface area (Å²) in [5.74, 6) is 2.00. The Morgan fingerprint density at radius 3 is 2.30 bits per heavy atom. The fourth-order valence-electron chi connectivity index (χ4n) is 3.71. The summed E-state index contributed by atoms with van der Waals surface area (Å²) in [4.78, 5) is 15.0. The average Bonchev–Trinajstić information content (AvgIpc) is 3.00. The van der Waals surface area contributed by atoms with Crippen LogP contribution in [0.4, 0.5) is 0 Å². The van der Waals surface area contributed by atoms with E-state index in [4.69, 9.17) is 0 Å². The minimum Gasteiger partial charge on any atom is -0.341 e. The third-order valence-electron chi connectivity index (χ3n) is 4.79. The Kier molecular flexibility index (Phi) is 3.79. The smallest absolute Gasteiger partial charge is 0.230 e. The normalized spacial score (nSPS) is 26.9. The number of carbonyl (C=O) groups is 1. The molecule has 3 heteroatoms. The summed E-state index contributed by atoms with van der Waals surface area (Å²) >= 11 is 0. The van der Waals surface area contributed by atoms with Gasteiger partial charge in [-0.15, -0.1) is 0 Å². The van der Waals surface area contributed by atoms with Crippen molar-refractivity contribution in [3.8, 4) is 0 Å². The van der Waals surface area contributed by atoms with Gasteiger partial charge in [0.2, 0.25) is 5.91 Å². The lowest BCUT2D eigenvalue weighted by Crippen LogP contribution is -2.37. The molecule has 0 saturated carbocycles. The Labute approximate surface area is 121 Å². The van der Waals surface area contributed by atoms with Gasteiger partial charge < -0.3 is 10.2 Å². The van der Waals surface area contributed by atoms with Crippen LogP contribution in [0.3, 0.4) is 0 Å². The second kappa shape index (κ2) is 5.57. The van der Waals surface area contributed by atoms with Crippen molar-refractivity contribution in [2.75, 3.05) is 26.2 Å². The molecular formula is C17H24N2O. The summed E-state index contributed by atoms with van der Waals surface area (Å²) in [5.41, 5.74) is 1.16. The lowest BCUT2D eigenvalue weighted by molar-refractivity contribution is -0.133. The van der Waals surface area contributed by atoms with Gasteiger partial charge >= 0.3 is 0 Å². The number of amides is 1. The minimum absolute atomic E-state index is 0.00276. The van der Waals surface area contributed by atoms with E-state index < -0.39 is 0 Å². The Morgan fingerprint density at radius 2 is 1.75 bits per heavy atom. The van der Waals surface area contributed by atoms with Gasteiger partial charge in [0.1, 0.15) is 0 Å². The Morgan fingerprint density at radius 1 is 1.15 bits per heavy atom. The highest BCUT2D eigenvalue weighted by Crippen LogP contribution is 2.32. The van der Waals surface area contributed by atoms with Crippen LogP contribution in [-0.2, 0) is 4.79 Å². The highest BCUT2D eigenvalue weighted by Gasteiger charge is 2.40. The van der Waals surface area contributed by atoms with Gasteiger partial charge in [-0.2, -0.15) is 0 Å². The zero-order valence-corrected chi connectivity index (χ0v) is 12.4. The van der Waals surface area contributed by atoms with Crippen molar-refractivity contribution in [3.05, 3.63) is 35.9 Å². The third-order valence-corrected chi connectivity index (χ3v) is 4.79. The average molecular weight is 272 g/mol. The standard InChI is InChI=1S/C17H24N2O/c1-12(2)16(13-6-4-3-5-7-13)17(20)19-10-14-8-18-9-15(14)11-19/h3-7,12,14-16,18H,8-11H2,1-2H3/t14-,15+,16?. The molecule has 3 rings (SSSR count). The number of rotatable bonds is 3. The number of benzene rings is 1. The predicted molar refractivity (Wildman–Crippen MR) is 80.5 cm³/mol. The summed E-state index contributed by atoms with van der Waals surface area (Å²) in [5, 5.41) is 3.43. The molecule has 2 heterocycles. The number of nitrogens with zero attached hydrogens (tertiary/aromatic N) is 1. The van der Waals surface area contributed by atoms with Crippen LogP contribution in [0.15, 0.2) is 30.3 Å². The number of hydrogen-bond acceptors (Lipinski definition) is 2. The summed E-state index contributed by atoms with van der Waals surface area (Å²) in [6.45, 7) is 8.32. The topological polar surface area (TPSA) is 32.3 Å². The highest BCUT2D eigenvalue weighted by atomic mass is 16.2. The van der Waals surface area contributed by atoms with Crippen LogP contribution in [0.1, 0.15) is 25.3 Å². The molecule has 2 aliphatic rings. The van der Waals surface area contributed by atoms with E-state index in [1.54, 1.807) is 0 Å². The van der Waals surface area contributed by atoms with Crippen LogP contribution in [0, 0.1) is 17.8 Å². The molecule has 20 heavy (non-hydrogen) atoms. The molecule has 2 saturated heterocycles. The van der Waals surface area contributed by atoms with Crippen LogP contribution >= 0.6 is 0 Å². The lowest BCUT2D eigenvalue weighted by atomic mass is 9.87. The maximum Gasteiger partial charge on any atom is 0.230 e. The molecule has 1 aromatic rings. The molecular weight excluding hydrogens is 248 g/mol. The fraction of sp³-hybridized carbons (Fsp3) is 0.588. The van der Waals surface area contributed by atoms with Crippen molar-refractivity contribution in [2.24, 2.45) is 17.8 Å². The van der Waals surface area contributed by atoms with Gasteiger partial charge in [0.05, 0.1) is 5.92 Å². The predicted octanol–water partition coefficient (Wildman–Crippen LogP) is 2.10. The molecule has 1 N–H and O–H groups in total. The van der Waals surface area contributed by atoms with E-state index in [-0.39, 0.29) is 5.92 Å². The summed E-state index contributed by atoms with van der Waals surface area (Å²) in [6, 6.07) is 10.2. The Balaban J connectivity index is 1.77. The first-order valence-electron chi connectivity index (χ1n) is 7.71. The molecule has 0 radical (unpaired) electrons. The van der Waals surface area contributed by atoms with Crippen molar-refractivity contribution < 1.29 is 4.79 Å². The second-order valence-electron chi connectivity index (χ2n) is 6.55. The number of likely N-dealkylation sites (tertiary alicyclic amines) is 1. The van der Waals surface area contributed by atoms with Crippen molar-refractivity contribution in [1.82, 2.24) is 10.2 Å². The largest absolute Gasteiger partial charge is 0.341 e. The number of carbonyl (C=O) groups excluding carboxylic acids is 1. The van der Waals surface area contributed by atoms with Crippen LogP contribution < -0.4 is 5.32 Å². The van der Waals surface area contributed by atoms with Gasteiger partial charge in [0.15, 0.2) is 0 Å². The number of fused-ring (bicyclic) bond motifs is 1. The van der Waals surface area contributed by atoms with Crippen molar-refractivity contribution in [1.29, 1.82) is 0 Å². The quantitative estimate of drug-likeness (QED) is 0.914. The highest BCUT2D eigenvalue weighted by molar-refractivity contribution is 5.84. The van der Waals surface area contributed by atoms with E-state index in [0.717, 1.165) is 31.7 Å². The molecule has 2 aliphatic heterocycles. The molecule has 1 aromatic carbocycles. The fourth-order valence-corrected chi connectivity index (χ4v) is 3.71. The Bertz CT molecular complexity index is 459. The SMILES string of the molecule is CC(C)C(C(=O)N1C[C@H]2CNC[C@H]2C1)c1ccccc1. The van der Waals surface area contributed by atoms with Crippen molar-refractivity contribution >= 4 is 5.91 Å². The van der Waals surface area contributed by atoms with Gasteiger partial charge in [-0.25, -0.2) is 0 Å². The molecule has 0 aromatic heterocycles. The number of hydrogen-bond donors (Lipinski definition) is 1. The summed E-state index contributed by atoms with van der Waals surface area (Å²) < 4.78 is 0. The molecule has 0 bridgehead atoms. The van der Waals surface area contributed by atoms with Gasteiger partial charge in [-0.3, -0.25) is 4.79 Å².